The van der Waals surface area contributed by atoms with Gasteiger partial charge in [0.1, 0.15) is 29.6 Å². The van der Waals surface area contributed by atoms with E-state index >= 15 is 0 Å². The number of rotatable bonds is 12. The molecule has 0 bridgehead atoms. The molecule has 53 heavy (non-hydrogen) atoms. The number of esters is 4. The van der Waals surface area contributed by atoms with Crippen molar-refractivity contribution in [3.8, 4) is 5.75 Å². The molecule has 0 amide bonds. The Morgan fingerprint density at radius 2 is 1.58 bits per heavy atom. The van der Waals surface area contributed by atoms with Crippen molar-refractivity contribution >= 4 is 46.3 Å². The zero-order chi connectivity index (χ0) is 38.0. The summed E-state index contributed by atoms with van der Waals surface area (Å²) in [7, 11) is 0. The lowest BCUT2D eigenvalue weighted by Gasteiger charge is -2.44. The van der Waals surface area contributed by atoms with Crippen LogP contribution in [-0.4, -0.2) is 93.9 Å². The average Bonchev–Trinajstić information content (AvgIpc) is 3.56. The van der Waals surface area contributed by atoms with Gasteiger partial charge in [0, 0.05) is 58.5 Å². The standard InChI is InChI=1S/C36H42N4O13/c1-18(41)48-17-27-32(49-19(2)42)33(50-20(3)43)34(51-21(4)44)35(52-27)40-16-23(37-38-40)10-5-6-12-26(45)28-30(46)25-15-22-9-7-13-39-14-8-11-24(29(22)39)31(25)53-36(28)47/h15-16,27,32-35,46H,5-14,17H2,1-4H3/t27-,32+,33+,34-,35-/m1/s1. The van der Waals surface area contributed by atoms with E-state index in [0.717, 1.165) is 76.4 Å². The first kappa shape index (κ1) is 37.4. The number of benzene rings is 1. The van der Waals surface area contributed by atoms with Gasteiger partial charge >= 0.3 is 29.5 Å². The molecule has 3 aliphatic rings. The number of aromatic hydroxyl groups is 1. The maximum absolute atomic E-state index is 13.3. The second-order valence-electron chi connectivity index (χ2n) is 13.5. The Balaban J connectivity index is 1.16. The molecule has 0 radical (unpaired) electrons. The molecular weight excluding hydrogens is 696 g/mol. The molecule has 5 atom stereocenters. The van der Waals surface area contributed by atoms with Crippen LogP contribution in [0.1, 0.15) is 93.2 Å². The van der Waals surface area contributed by atoms with E-state index in [4.69, 9.17) is 28.1 Å². The van der Waals surface area contributed by atoms with Gasteiger partial charge < -0.3 is 38.1 Å². The highest BCUT2D eigenvalue weighted by molar-refractivity contribution is 6.04. The highest BCUT2D eigenvalue weighted by atomic mass is 16.7. The van der Waals surface area contributed by atoms with Crippen molar-refractivity contribution in [1.29, 1.82) is 0 Å². The van der Waals surface area contributed by atoms with Gasteiger partial charge in [0.15, 0.2) is 30.3 Å². The molecule has 17 nitrogen and oxygen atoms in total. The largest absolute Gasteiger partial charge is 0.506 e. The summed E-state index contributed by atoms with van der Waals surface area (Å²) >= 11 is 0. The molecule has 6 rings (SSSR count). The molecule has 1 saturated heterocycles. The molecule has 17 heteroatoms. The van der Waals surface area contributed by atoms with Crippen LogP contribution in [-0.2, 0) is 62.1 Å². The number of fused-ring (bicyclic) bond motifs is 2. The predicted molar refractivity (Wildman–Crippen MR) is 182 cm³/mol. The molecule has 2 aromatic heterocycles. The number of anilines is 1. The summed E-state index contributed by atoms with van der Waals surface area (Å²) in [4.78, 5) is 76.6. The number of carbonyl (C=O) groups excluding carboxylic acids is 5. The van der Waals surface area contributed by atoms with Crippen LogP contribution >= 0.6 is 0 Å². The van der Waals surface area contributed by atoms with E-state index in [2.05, 4.69) is 15.2 Å². The molecule has 0 unspecified atom stereocenters. The van der Waals surface area contributed by atoms with Crippen molar-refractivity contribution in [3.63, 3.8) is 0 Å². The average molecular weight is 739 g/mol. The predicted octanol–water partition coefficient (Wildman–Crippen LogP) is 2.64. The van der Waals surface area contributed by atoms with Crippen molar-refractivity contribution in [2.45, 2.75) is 110 Å². The Kier molecular flexibility index (Phi) is 11.1. The number of unbranched alkanes of at least 4 members (excludes halogenated alkanes) is 1. The quantitative estimate of drug-likeness (QED) is 0.0929. The molecule has 0 saturated carbocycles. The lowest BCUT2D eigenvalue weighted by molar-refractivity contribution is -0.270. The second-order valence-corrected chi connectivity index (χ2v) is 13.5. The van der Waals surface area contributed by atoms with Gasteiger partial charge in [0.25, 0.3) is 0 Å². The fourth-order valence-corrected chi connectivity index (χ4v) is 7.43. The summed E-state index contributed by atoms with van der Waals surface area (Å²) < 4.78 is 34.6. The van der Waals surface area contributed by atoms with Crippen molar-refractivity contribution in [1.82, 2.24) is 15.0 Å². The van der Waals surface area contributed by atoms with E-state index in [0.29, 0.717) is 35.9 Å². The van der Waals surface area contributed by atoms with Crippen molar-refractivity contribution < 1.29 is 57.2 Å². The molecule has 0 aliphatic carbocycles. The molecule has 1 fully saturated rings. The topological polar surface area (TPSA) is 216 Å². The van der Waals surface area contributed by atoms with Crippen LogP contribution < -0.4 is 10.5 Å². The van der Waals surface area contributed by atoms with Crippen LogP contribution in [0.3, 0.4) is 0 Å². The van der Waals surface area contributed by atoms with Crippen LogP contribution in [0, 0.1) is 0 Å². The first-order chi connectivity index (χ1) is 25.3. The first-order valence-corrected chi connectivity index (χ1v) is 17.7. The number of aryl methyl sites for hydroxylation is 3. The molecular formula is C36H42N4O13. The van der Waals surface area contributed by atoms with E-state index < -0.39 is 72.5 Å². The van der Waals surface area contributed by atoms with Gasteiger partial charge in [-0.2, -0.15) is 0 Å². The number of ketones is 1. The van der Waals surface area contributed by atoms with E-state index in [9.17, 15) is 33.9 Å². The fraction of sp³-hybridized carbons (Fsp3) is 0.556. The van der Waals surface area contributed by atoms with Gasteiger partial charge in [-0.1, -0.05) is 5.21 Å². The van der Waals surface area contributed by atoms with Gasteiger partial charge in [0.2, 0.25) is 0 Å². The van der Waals surface area contributed by atoms with Crippen molar-refractivity contribution in [2.75, 3.05) is 24.6 Å². The third kappa shape index (κ3) is 8.04. The van der Waals surface area contributed by atoms with Gasteiger partial charge in [-0.3, -0.25) is 24.0 Å². The molecule has 284 valence electrons. The number of nitrogens with zero attached hydrogens (tertiary/aromatic N) is 4. The highest BCUT2D eigenvalue weighted by Crippen LogP contribution is 2.42. The summed E-state index contributed by atoms with van der Waals surface area (Å²) in [5.74, 6) is -3.79. The monoisotopic (exact) mass is 738 g/mol. The smallest absolute Gasteiger partial charge is 0.351 e. The molecule has 5 heterocycles. The maximum Gasteiger partial charge on any atom is 0.351 e. The van der Waals surface area contributed by atoms with Crippen LogP contribution in [0.5, 0.6) is 5.75 Å². The van der Waals surface area contributed by atoms with Gasteiger partial charge in [-0.25, -0.2) is 9.48 Å². The Labute approximate surface area is 303 Å². The van der Waals surface area contributed by atoms with E-state index in [1.165, 1.54) is 17.8 Å². The minimum atomic E-state index is -1.37. The zero-order valence-corrected chi connectivity index (χ0v) is 30.0. The molecule has 1 aromatic carbocycles. The van der Waals surface area contributed by atoms with Crippen molar-refractivity contribution in [2.24, 2.45) is 0 Å². The fourth-order valence-electron chi connectivity index (χ4n) is 7.43. The molecule has 3 aromatic rings. The second kappa shape index (κ2) is 15.7. The summed E-state index contributed by atoms with van der Waals surface area (Å²) in [6.07, 6.45) is -0.396. The lowest BCUT2D eigenvalue weighted by atomic mass is 9.89. The minimum Gasteiger partial charge on any atom is -0.506 e. The summed E-state index contributed by atoms with van der Waals surface area (Å²) in [5.41, 5.74) is 2.66. The number of ether oxygens (including phenoxy) is 5. The Bertz CT molecular complexity index is 1990. The maximum atomic E-state index is 13.3. The van der Waals surface area contributed by atoms with Gasteiger partial charge in [-0.15, -0.1) is 5.10 Å². The Hall–Kier alpha value is -5.32. The summed E-state index contributed by atoms with van der Waals surface area (Å²) in [6.45, 7) is 6.05. The van der Waals surface area contributed by atoms with E-state index in [1.54, 1.807) is 0 Å². The summed E-state index contributed by atoms with van der Waals surface area (Å²) in [5, 5.41) is 19.9. The minimum absolute atomic E-state index is 0.0385. The number of Topliss-reactive ketones (excluding diaryl/α,β-unsaturated/α-hetero) is 1. The van der Waals surface area contributed by atoms with Gasteiger partial charge in [0.05, 0.1) is 17.3 Å². The van der Waals surface area contributed by atoms with Gasteiger partial charge in [-0.05, 0) is 56.6 Å². The summed E-state index contributed by atoms with van der Waals surface area (Å²) in [6, 6.07) is 1.84. The SMILES string of the molecule is CC(=O)OC[C@H]1O[C@@H](n2cc(CCCCC(=O)c3c(O)c4cc5c6c(c4oc3=O)CCCN6CCC5)nn2)[C@H](OC(C)=O)[C@@H](OC(C)=O)[C@H]1OC(C)=O. The lowest BCUT2D eigenvalue weighted by Crippen LogP contribution is -2.60. The van der Waals surface area contributed by atoms with Crippen molar-refractivity contribution in [3.05, 3.63) is 45.1 Å². The van der Waals surface area contributed by atoms with Crippen LogP contribution in [0.2, 0.25) is 0 Å². The number of aromatic nitrogens is 3. The normalized spacial score (nSPS) is 22.1. The Morgan fingerprint density at radius 3 is 2.28 bits per heavy atom. The van der Waals surface area contributed by atoms with E-state index in [-0.39, 0.29) is 17.7 Å². The first-order valence-electron chi connectivity index (χ1n) is 17.7. The van der Waals surface area contributed by atoms with E-state index in [1.807, 2.05) is 6.07 Å². The number of hydrogen-bond acceptors (Lipinski definition) is 16. The third-order valence-electron chi connectivity index (χ3n) is 9.51. The number of carbonyl (C=O) groups is 5. The highest BCUT2D eigenvalue weighted by Gasteiger charge is 2.53. The zero-order valence-electron chi connectivity index (χ0n) is 30.0. The molecule has 0 spiro atoms. The Morgan fingerprint density at radius 1 is 0.906 bits per heavy atom. The molecule has 3 aliphatic heterocycles. The van der Waals surface area contributed by atoms with Crippen LogP contribution in [0.4, 0.5) is 5.69 Å². The van der Waals surface area contributed by atoms with Crippen LogP contribution in [0.15, 0.2) is 21.5 Å². The third-order valence-corrected chi connectivity index (χ3v) is 9.51. The van der Waals surface area contributed by atoms with Crippen LogP contribution in [0.25, 0.3) is 11.0 Å². The number of hydrogen-bond donors (Lipinski definition) is 1. The molecule has 1 N–H and O–H groups in total.